The van der Waals surface area contributed by atoms with Crippen molar-refractivity contribution < 1.29 is 4.79 Å². The summed E-state index contributed by atoms with van der Waals surface area (Å²) in [7, 11) is 0. The van der Waals surface area contributed by atoms with Gasteiger partial charge in [-0.15, -0.1) is 11.6 Å². The van der Waals surface area contributed by atoms with E-state index in [-0.39, 0.29) is 17.8 Å². The summed E-state index contributed by atoms with van der Waals surface area (Å²) in [6, 6.07) is 10.7. The number of aryl methyl sites for hydroxylation is 2. The monoisotopic (exact) mass is 273 g/mol. The lowest BCUT2D eigenvalue weighted by molar-refractivity contribution is -0.119. The third kappa shape index (κ3) is 2.10. The zero-order chi connectivity index (χ0) is 13.4. The molecule has 1 atom stereocenters. The number of carbonyl (C=O) groups is 1. The maximum Gasteiger partial charge on any atom is 0.235 e. The highest BCUT2D eigenvalue weighted by atomic mass is 35.5. The molecule has 0 saturated carbocycles. The summed E-state index contributed by atoms with van der Waals surface area (Å²) in [6.07, 6.45) is 1.95. The molecule has 3 heteroatoms. The highest BCUT2D eigenvalue weighted by Crippen LogP contribution is 2.36. The second-order valence-electron chi connectivity index (χ2n) is 5.10. The van der Waals surface area contributed by atoms with E-state index in [4.69, 9.17) is 11.6 Å². The molecule has 0 aromatic heterocycles. The first-order chi connectivity index (χ1) is 9.20. The Morgan fingerprint density at radius 3 is 3.00 bits per heavy atom. The van der Waals surface area contributed by atoms with Crippen molar-refractivity contribution in [3.8, 4) is 0 Å². The predicted molar refractivity (Wildman–Crippen MR) is 78.6 cm³/mol. The van der Waals surface area contributed by atoms with E-state index in [0.29, 0.717) is 0 Å². The number of hydrogen-bond donors (Lipinski definition) is 1. The van der Waals surface area contributed by atoms with Crippen LogP contribution in [-0.4, -0.2) is 11.8 Å². The standard InChI is InChI=1S/C16H16ClNO/c1-10-5-6-11-3-2-4-13-14(18-15(19)9-17)8-7-12(10)16(11)13/h2-6,14H,7-9H2,1H3,(H,18,19). The molecule has 0 heterocycles. The van der Waals surface area contributed by atoms with E-state index < -0.39 is 0 Å². The fourth-order valence-electron chi connectivity index (χ4n) is 3.03. The summed E-state index contributed by atoms with van der Waals surface area (Å²) in [5, 5.41) is 5.58. The van der Waals surface area contributed by atoms with Gasteiger partial charge in [0.05, 0.1) is 6.04 Å². The Morgan fingerprint density at radius 2 is 2.21 bits per heavy atom. The van der Waals surface area contributed by atoms with Crippen LogP contribution in [0.25, 0.3) is 10.8 Å². The maximum absolute atomic E-state index is 11.5. The molecule has 1 aliphatic carbocycles. The van der Waals surface area contributed by atoms with Crippen LogP contribution in [0.4, 0.5) is 0 Å². The Balaban J connectivity index is 2.14. The van der Waals surface area contributed by atoms with E-state index in [1.54, 1.807) is 0 Å². The van der Waals surface area contributed by atoms with Crippen molar-refractivity contribution in [2.75, 3.05) is 5.88 Å². The van der Waals surface area contributed by atoms with E-state index in [1.807, 2.05) is 0 Å². The van der Waals surface area contributed by atoms with Crippen LogP contribution in [0.3, 0.4) is 0 Å². The molecule has 1 unspecified atom stereocenters. The summed E-state index contributed by atoms with van der Waals surface area (Å²) < 4.78 is 0. The van der Waals surface area contributed by atoms with Gasteiger partial charge in [-0.1, -0.05) is 30.3 Å². The lowest BCUT2D eigenvalue weighted by Gasteiger charge is -2.27. The van der Waals surface area contributed by atoms with E-state index in [0.717, 1.165) is 12.8 Å². The molecule has 19 heavy (non-hydrogen) atoms. The Hall–Kier alpha value is -1.54. The molecule has 3 rings (SSSR count). The number of hydrogen-bond acceptors (Lipinski definition) is 1. The van der Waals surface area contributed by atoms with Gasteiger partial charge in [0.2, 0.25) is 5.91 Å². The molecule has 2 nitrogen and oxygen atoms in total. The van der Waals surface area contributed by atoms with Gasteiger partial charge in [0.25, 0.3) is 0 Å². The third-order valence-electron chi connectivity index (χ3n) is 3.93. The van der Waals surface area contributed by atoms with Crippen LogP contribution < -0.4 is 5.32 Å². The number of halogens is 1. The molecule has 0 aliphatic heterocycles. The Kier molecular flexibility index (Phi) is 3.19. The number of amides is 1. The quantitative estimate of drug-likeness (QED) is 0.834. The molecule has 2 aromatic rings. The number of benzene rings is 2. The molecule has 0 fully saturated rings. The maximum atomic E-state index is 11.5. The molecular weight excluding hydrogens is 258 g/mol. The number of rotatable bonds is 2. The van der Waals surface area contributed by atoms with Crippen molar-refractivity contribution in [2.45, 2.75) is 25.8 Å². The van der Waals surface area contributed by atoms with Crippen LogP contribution >= 0.6 is 11.6 Å². The van der Waals surface area contributed by atoms with Crippen LogP contribution in [0, 0.1) is 6.92 Å². The number of nitrogens with one attached hydrogen (secondary N) is 1. The van der Waals surface area contributed by atoms with Gasteiger partial charge in [-0.05, 0) is 47.2 Å². The highest BCUT2D eigenvalue weighted by Gasteiger charge is 2.23. The average molecular weight is 274 g/mol. The van der Waals surface area contributed by atoms with Gasteiger partial charge in [-0.2, -0.15) is 0 Å². The topological polar surface area (TPSA) is 29.1 Å². The second-order valence-corrected chi connectivity index (χ2v) is 5.37. The van der Waals surface area contributed by atoms with Crippen LogP contribution in [0.15, 0.2) is 30.3 Å². The number of carbonyl (C=O) groups excluding carboxylic acids is 1. The zero-order valence-corrected chi connectivity index (χ0v) is 11.6. The summed E-state index contributed by atoms with van der Waals surface area (Å²) in [5.74, 6) is -0.0764. The lowest BCUT2D eigenvalue weighted by Crippen LogP contribution is -2.31. The van der Waals surface area contributed by atoms with Crippen molar-refractivity contribution in [3.05, 3.63) is 47.0 Å². The van der Waals surface area contributed by atoms with Gasteiger partial charge in [0.1, 0.15) is 5.88 Å². The highest BCUT2D eigenvalue weighted by molar-refractivity contribution is 6.27. The molecule has 1 amide bonds. The minimum absolute atomic E-state index is 0.0210. The first-order valence-electron chi connectivity index (χ1n) is 6.57. The Morgan fingerprint density at radius 1 is 1.37 bits per heavy atom. The number of alkyl halides is 1. The van der Waals surface area contributed by atoms with Crippen molar-refractivity contribution >= 4 is 28.3 Å². The first-order valence-corrected chi connectivity index (χ1v) is 7.10. The summed E-state index contributed by atoms with van der Waals surface area (Å²) >= 11 is 5.59. The van der Waals surface area contributed by atoms with Gasteiger partial charge in [-0.25, -0.2) is 0 Å². The predicted octanol–water partition coefficient (Wildman–Crippen LogP) is 3.49. The Labute approximate surface area is 117 Å². The minimum Gasteiger partial charge on any atom is -0.348 e. The van der Waals surface area contributed by atoms with Crippen molar-refractivity contribution in [2.24, 2.45) is 0 Å². The van der Waals surface area contributed by atoms with Crippen LogP contribution in [0.5, 0.6) is 0 Å². The largest absolute Gasteiger partial charge is 0.348 e. The molecule has 1 N–H and O–H groups in total. The third-order valence-corrected chi connectivity index (χ3v) is 4.18. The fourth-order valence-corrected chi connectivity index (χ4v) is 3.11. The first kappa shape index (κ1) is 12.5. The smallest absolute Gasteiger partial charge is 0.235 e. The molecule has 98 valence electrons. The van der Waals surface area contributed by atoms with Gasteiger partial charge in [-0.3, -0.25) is 4.79 Å². The van der Waals surface area contributed by atoms with E-state index in [1.165, 1.54) is 27.5 Å². The summed E-state index contributed by atoms with van der Waals surface area (Å²) in [5.41, 5.74) is 3.98. The van der Waals surface area contributed by atoms with E-state index >= 15 is 0 Å². The van der Waals surface area contributed by atoms with Gasteiger partial charge < -0.3 is 5.32 Å². The fraction of sp³-hybridized carbons (Fsp3) is 0.312. The van der Waals surface area contributed by atoms with Crippen molar-refractivity contribution in [3.63, 3.8) is 0 Å². The van der Waals surface area contributed by atoms with Crippen LogP contribution in [-0.2, 0) is 11.2 Å². The van der Waals surface area contributed by atoms with Crippen molar-refractivity contribution in [1.29, 1.82) is 0 Å². The average Bonchev–Trinajstić information content (AvgIpc) is 2.44. The van der Waals surface area contributed by atoms with E-state index in [9.17, 15) is 4.79 Å². The molecule has 0 spiro atoms. The molecule has 0 saturated heterocycles. The molecule has 2 aromatic carbocycles. The molecular formula is C16H16ClNO. The summed E-state index contributed by atoms with van der Waals surface area (Å²) in [6.45, 7) is 2.16. The van der Waals surface area contributed by atoms with Crippen LogP contribution in [0.2, 0.25) is 0 Å². The molecule has 0 radical (unpaired) electrons. The lowest BCUT2D eigenvalue weighted by atomic mass is 9.83. The Bertz CT molecular complexity index is 650. The van der Waals surface area contributed by atoms with Gasteiger partial charge in [0, 0.05) is 0 Å². The summed E-state index contributed by atoms with van der Waals surface area (Å²) in [4.78, 5) is 11.5. The van der Waals surface area contributed by atoms with Crippen LogP contribution in [0.1, 0.15) is 29.2 Å². The molecule has 1 aliphatic rings. The second kappa shape index (κ2) is 4.86. The van der Waals surface area contributed by atoms with Crippen molar-refractivity contribution in [1.82, 2.24) is 5.32 Å². The normalized spacial score (nSPS) is 17.5. The zero-order valence-electron chi connectivity index (χ0n) is 10.9. The molecule has 0 bridgehead atoms. The van der Waals surface area contributed by atoms with Gasteiger partial charge in [0.15, 0.2) is 0 Å². The van der Waals surface area contributed by atoms with E-state index in [2.05, 4.69) is 42.6 Å². The van der Waals surface area contributed by atoms with Gasteiger partial charge >= 0.3 is 0 Å². The minimum atomic E-state index is -0.0974. The SMILES string of the molecule is Cc1ccc2cccc3c2c1CCC3NC(=O)CCl.